The van der Waals surface area contributed by atoms with E-state index in [0.29, 0.717) is 23.4 Å². The highest BCUT2D eigenvalue weighted by molar-refractivity contribution is 7.90. The minimum absolute atomic E-state index is 0.136. The third kappa shape index (κ3) is 5.23. The summed E-state index contributed by atoms with van der Waals surface area (Å²) in [4.78, 5) is 12.9. The summed E-state index contributed by atoms with van der Waals surface area (Å²) in [6.07, 6.45) is 0. The van der Waals surface area contributed by atoms with Crippen molar-refractivity contribution in [3.63, 3.8) is 0 Å². The summed E-state index contributed by atoms with van der Waals surface area (Å²) < 4.78 is 30.7. The van der Waals surface area contributed by atoms with Gasteiger partial charge < -0.3 is 10.1 Å². The van der Waals surface area contributed by atoms with E-state index in [1.165, 1.54) is 0 Å². The highest BCUT2D eigenvalue weighted by Crippen LogP contribution is 2.21. The molecule has 0 atom stereocenters. The average Bonchev–Trinajstić information content (AvgIpc) is 2.70. The Labute approximate surface area is 171 Å². The van der Waals surface area contributed by atoms with Crippen LogP contribution in [0.25, 0.3) is 0 Å². The number of hydrogen-bond acceptors (Lipinski definition) is 4. The zero-order chi connectivity index (χ0) is 20.9. The lowest BCUT2D eigenvalue weighted by Crippen LogP contribution is -2.13. The van der Waals surface area contributed by atoms with Crippen molar-refractivity contribution >= 4 is 21.4 Å². The molecule has 0 radical (unpaired) electrons. The molecule has 1 amide bonds. The normalized spacial score (nSPS) is 11.1. The van der Waals surface area contributed by atoms with Gasteiger partial charge in [-0.1, -0.05) is 30.3 Å². The quantitative estimate of drug-likeness (QED) is 0.618. The number of rotatable bonds is 7. The number of benzene rings is 3. The fourth-order valence-electron chi connectivity index (χ4n) is 2.98. The molecule has 0 aliphatic rings. The van der Waals surface area contributed by atoms with Crippen molar-refractivity contribution in [1.82, 2.24) is 0 Å². The molecule has 0 saturated carbocycles. The first kappa shape index (κ1) is 20.6. The topological polar surface area (TPSA) is 72.5 Å². The number of hydrogen-bond donors (Lipinski definition) is 1. The summed E-state index contributed by atoms with van der Waals surface area (Å²) in [6, 6.07) is 20.5. The lowest BCUT2D eigenvalue weighted by molar-refractivity contribution is 0.102. The van der Waals surface area contributed by atoms with Gasteiger partial charge in [-0.15, -0.1) is 0 Å². The maximum Gasteiger partial charge on any atom is 0.255 e. The van der Waals surface area contributed by atoms with Gasteiger partial charge in [-0.3, -0.25) is 4.79 Å². The van der Waals surface area contributed by atoms with Crippen molar-refractivity contribution < 1.29 is 17.9 Å². The van der Waals surface area contributed by atoms with Crippen LogP contribution in [0.15, 0.2) is 77.7 Å². The number of anilines is 1. The maximum absolute atomic E-state index is 12.6. The van der Waals surface area contributed by atoms with Crippen LogP contribution in [0.2, 0.25) is 0 Å². The van der Waals surface area contributed by atoms with Gasteiger partial charge in [0.05, 0.1) is 17.3 Å². The number of ether oxygens (including phenoxy) is 1. The first-order chi connectivity index (χ1) is 13.9. The van der Waals surface area contributed by atoms with Gasteiger partial charge in [0.1, 0.15) is 5.75 Å². The monoisotopic (exact) mass is 409 g/mol. The molecule has 0 saturated heterocycles. The summed E-state index contributed by atoms with van der Waals surface area (Å²) in [7, 11) is -3.45. The fraction of sp³-hybridized carbons (Fsp3) is 0.174. The van der Waals surface area contributed by atoms with E-state index in [4.69, 9.17) is 4.74 Å². The molecule has 150 valence electrons. The van der Waals surface area contributed by atoms with Crippen LogP contribution in [-0.4, -0.2) is 20.9 Å². The van der Waals surface area contributed by atoms with Crippen molar-refractivity contribution in [3.8, 4) is 5.75 Å². The third-order valence-electron chi connectivity index (χ3n) is 4.38. The van der Waals surface area contributed by atoms with Gasteiger partial charge in [-0.05, 0) is 67.4 Å². The van der Waals surface area contributed by atoms with E-state index < -0.39 is 9.84 Å². The summed E-state index contributed by atoms with van der Waals surface area (Å²) in [5.74, 6) is 0.347. The van der Waals surface area contributed by atoms with Crippen LogP contribution in [0.3, 0.4) is 0 Å². The second-order valence-electron chi connectivity index (χ2n) is 6.64. The lowest BCUT2D eigenvalue weighted by atomic mass is 10.1. The van der Waals surface area contributed by atoms with Gasteiger partial charge >= 0.3 is 0 Å². The molecule has 0 unspecified atom stereocenters. The van der Waals surface area contributed by atoms with Crippen molar-refractivity contribution in [2.24, 2.45) is 0 Å². The predicted octanol–water partition coefficient (Wildman–Crippen LogP) is 4.62. The molecule has 0 heterocycles. The maximum atomic E-state index is 12.6. The number of carbonyl (C=O) groups excluding carboxylic acids is 1. The predicted molar refractivity (Wildman–Crippen MR) is 114 cm³/mol. The van der Waals surface area contributed by atoms with E-state index >= 15 is 0 Å². The highest BCUT2D eigenvalue weighted by Gasteiger charge is 2.15. The second-order valence-corrected chi connectivity index (χ2v) is 8.63. The zero-order valence-corrected chi connectivity index (χ0v) is 17.2. The highest BCUT2D eigenvalue weighted by atomic mass is 32.2. The molecule has 0 bridgehead atoms. The van der Waals surface area contributed by atoms with Crippen LogP contribution in [0.4, 0.5) is 5.69 Å². The molecule has 0 aliphatic heterocycles. The summed E-state index contributed by atoms with van der Waals surface area (Å²) in [5.41, 5.74) is 2.53. The minimum atomic E-state index is -3.45. The van der Waals surface area contributed by atoms with Crippen molar-refractivity contribution in [1.29, 1.82) is 0 Å². The molecular formula is C23H23NO4S. The van der Waals surface area contributed by atoms with Gasteiger partial charge in [0, 0.05) is 11.3 Å². The molecular weight excluding hydrogens is 386 g/mol. The van der Waals surface area contributed by atoms with Crippen LogP contribution >= 0.6 is 0 Å². The van der Waals surface area contributed by atoms with E-state index in [-0.39, 0.29) is 16.6 Å². The molecule has 6 heteroatoms. The lowest BCUT2D eigenvalue weighted by Gasteiger charge is -2.11. The van der Waals surface area contributed by atoms with Crippen molar-refractivity contribution in [2.75, 3.05) is 11.9 Å². The molecule has 5 nitrogen and oxygen atoms in total. The largest absolute Gasteiger partial charge is 0.494 e. The van der Waals surface area contributed by atoms with Crippen LogP contribution < -0.4 is 10.1 Å². The smallest absolute Gasteiger partial charge is 0.255 e. The summed E-state index contributed by atoms with van der Waals surface area (Å²) >= 11 is 0. The number of sulfone groups is 1. The molecule has 3 rings (SSSR count). The van der Waals surface area contributed by atoms with Gasteiger partial charge in [0.2, 0.25) is 0 Å². The third-order valence-corrected chi connectivity index (χ3v) is 6.08. The Balaban J connectivity index is 1.74. The zero-order valence-electron chi connectivity index (χ0n) is 16.4. The van der Waals surface area contributed by atoms with Crippen LogP contribution in [-0.2, 0) is 15.6 Å². The first-order valence-electron chi connectivity index (χ1n) is 9.30. The Bertz CT molecular complexity index is 1110. The Morgan fingerprint density at radius 1 is 0.966 bits per heavy atom. The van der Waals surface area contributed by atoms with Crippen molar-refractivity contribution in [2.45, 2.75) is 24.5 Å². The SMILES string of the molecule is CCOc1ccc(C(=O)Nc2cccc(CS(=O)(=O)c3ccccc3)c2)cc1C. The average molecular weight is 410 g/mol. The summed E-state index contributed by atoms with van der Waals surface area (Å²) in [5, 5.41) is 2.83. The molecule has 29 heavy (non-hydrogen) atoms. The second kappa shape index (κ2) is 8.92. The van der Waals surface area contributed by atoms with Crippen LogP contribution in [0, 0.1) is 6.92 Å². The number of carbonyl (C=O) groups is 1. The standard InChI is InChI=1S/C23H23NO4S/c1-3-28-22-13-12-19(14-17(22)2)23(25)24-20-9-7-8-18(15-20)16-29(26,27)21-10-5-4-6-11-21/h4-15H,3,16H2,1-2H3,(H,24,25). The molecule has 0 aromatic heterocycles. The van der Waals surface area contributed by atoms with Gasteiger partial charge in [0.15, 0.2) is 9.84 Å². The number of aryl methyl sites for hydroxylation is 1. The van der Waals surface area contributed by atoms with Crippen LogP contribution in [0.5, 0.6) is 5.75 Å². The van der Waals surface area contributed by atoms with E-state index in [9.17, 15) is 13.2 Å². The van der Waals surface area contributed by atoms with Crippen LogP contribution in [0.1, 0.15) is 28.4 Å². The van der Waals surface area contributed by atoms with Gasteiger partial charge in [-0.25, -0.2) is 8.42 Å². The molecule has 3 aromatic carbocycles. The Kier molecular flexibility index (Phi) is 6.34. The number of amides is 1. The Morgan fingerprint density at radius 2 is 1.72 bits per heavy atom. The fourth-order valence-corrected chi connectivity index (χ4v) is 4.34. The Morgan fingerprint density at radius 3 is 2.41 bits per heavy atom. The van der Waals surface area contributed by atoms with E-state index in [1.54, 1.807) is 72.8 Å². The molecule has 0 fully saturated rings. The van der Waals surface area contributed by atoms with E-state index in [2.05, 4.69) is 5.32 Å². The van der Waals surface area contributed by atoms with E-state index in [1.807, 2.05) is 13.8 Å². The summed E-state index contributed by atoms with van der Waals surface area (Å²) in [6.45, 7) is 4.35. The minimum Gasteiger partial charge on any atom is -0.494 e. The molecule has 3 aromatic rings. The molecule has 1 N–H and O–H groups in total. The van der Waals surface area contributed by atoms with E-state index in [0.717, 1.165) is 11.3 Å². The molecule has 0 aliphatic carbocycles. The van der Waals surface area contributed by atoms with Gasteiger partial charge in [-0.2, -0.15) is 0 Å². The first-order valence-corrected chi connectivity index (χ1v) is 11.0. The Hall–Kier alpha value is -3.12. The number of nitrogens with one attached hydrogen (secondary N) is 1. The molecule has 0 spiro atoms. The van der Waals surface area contributed by atoms with Gasteiger partial charge in [0.25, 0.3) is 5.91 Å². The van der Waals surface area contributed by atoms with Crippen molar-refractivity contribution in [3.05, 3.63) is 89.5 Å².